The summed E-state index contributed by atoms with van der Waals surface area (Å²) in [5, 5.41) is 101. The fourth-order valence-electron chi connectivity index (χ4n) is 16.8. The number of likely N-dealkylation sites (N-methyl/N-ethyl adjacent to an activating group) is 4. The molecule has 11 unspecified atom stereocenters. The molecule has 7 aliphatic heterocycles. The van der Waals surface area contributed by atoms with Crippen LogP contribution in [0.2, 0.25) is 0 Å². The summed E-state index contributed by atoms with van der Waals surface area (Å²) < 4.78 is 71.9. The molecule has 6 fully saturated rings. The molecule has 0 bridgehead atoms. The van der Waals surface area contributed by atoms with Gasteiger partial charge in [0, 0.05) is 103 Å². The Labute approximate surface area is 727 Å². The molecule has 43 heteroatoms. The normalized spacial score (nSPS) is 32.5. The fourth-order valence-corrected chi connectivity index (χ4v) is 16.8. The minimum Gasteiger partial charge on any atom is -0.480 e. The summed E-state index contributed by atoms with van der Waals surface area (Å²) in [6.45, 7) is 11.0. The molecule has 16 N–H and O–H groups in total. The predicted octanol–water partition coefficient (Wildman–Crippen LogP) is -2.88. The van der Waals surface area contributed by atoms with Crippen molar-refractivity contribution in [3.8, 4) is 0 Å². The number of nitrogens with zero attached hydrogens (tertiary/aromatic N) is 6. The van der Waals surface area contributed by atoms with Gasteiger partial charge in [-0.05, 0) is 82.3 Å². The monoisotopic (exact) mass is 1790 g/mol. The molecule has 3 aromatic rings. The van der Waals surface area contributed by atoms with Crippen molar-refractivity contribution in [2.24, 2.45) is 29.2 Å². The zero-order valence-corrected chi connectivity index (χ0v) is 73.0. The van der Waals surface area contributed by atoms with Gasteiger partial charge in [0.1, 0.15) is 122 Å². The zero-order chi connectivity index (χ0) is 92.6. The number of methoxy groups -OCH3 is 2. The van der Waals surface area contributed by atoms with Gasteiger partial charge in [0.2, 0.25) is 18.1 Å². The topological polar surface area (TPSA) is 599 Å². The van der Waals surface area contributed by atoms with Crippen LogP contribution in [0.4, 0.5) is 5.69 Å². The third-order valence-electron chi connectivity index (χ3n) is 24.1. The van der Waals surface area contributed by atoms with E-state index in [0.717, 1.165) is 114 Å². The number of hydrogen-bond acceptors (Lipinski definition) is 35. The Balaban J connectivity index is 0.000000314. The van der Waals surface area contributed by atoms with Crippen LogP contribution < -0.4 is 39.3 Å². The molecule has 706 valence electrons. The van der Waals surface area contributed by atoms with Gasteiger partial charge in [-0.2, -0.15) is 0 Å². The number of H-pyrrole nitrogens is 2. The Bertz CT molecular complexity index is 4380. The number of amides is 3. The number of aliphatic hydroxyl groups is 8. The second-order valence-corrected chi connectivity index (χ2v) is 33.9. The molecule has 7 aliphatic rings. The van der Waals surface area contributed by atoms with E-state index in [0.29, 0.717) is 18.0 Å². The van der Waals surface area contributed by atoms with Crippen LogP contribution in [0, 0.1) is 17.8 Å². The first-order chi connectivity index (χ1) is 59.8. The van der Waals surface area contributed by atoms with Crippen LogP contribution in [-0.2, 0) is 96.8 Å². The number of carboxylic acid groups (broad SMARTS) is 1. The van der Waals surface area contributed by atoms with Gasteiger partial charge in [-0.25, -0.2) is 14.4 Å². The summed E-state index contributed by atoms with van der Waals surface area (Å²) in [6.07, 6.45) is -21.9. The molecule has 126 heavy (non-hydrogen) atoms. The molecule has 0 spiro atoms. The molecule has 3 amide bonds. The third-order valence-corrected chi connectivity index (χ3v) is 24.1. The number of rotatable bonds is 38. The molecule has 0 radical (unpaired) electrons. The summed E-state index contributed by atoms with van der Waals surface area (Å²) >= 11 is 0. The lowest BCUT2D eigenvalue weighted by Gasteiger charge is -2.42. The number of aliphatic hydroxyl groups excluding tert-OH is 8. The Morgan fingerprint density at radius 3 is 1.56 bits per heavy atom. The summed E-state index contributed by atoms with van der Waals surface area (Å²) in [5.41, 5.74) is 9.68. The van der Waals surface area contributed by atoms with E-state index < -0.39 is 242 Å². The number of ether oxygens (including phenoxy) is 12. The molecular formula is C83H127N11O32. The molecule has 29 atom stereocenters. The molecular weight excluding hydrogens is 1660 g/mol. The Hall–Kier alpha value is -8.23. The maximum absolute atomic E-state index is 14.7. The Morgan fingerprint density at radius 2 is 1.07 bits per heavy atom. The lowest BCUT2D eigenvalue weighted by molar-refractivity contribution is -0.280. The minimum absolute atomic E-state index is 0.0227. The lowest BCUT2D eigenvalue weighted by atomic mass is 9.91. The smallest absolute Gasteiger partial charge is 0.330 e. The van der Waals surface area contributed by atoms with E-state index in [4.69, 9.17) is 68.3 Å². The average molecular weight is 1790 g/mol. The molecule has 43 nitrogen and oxygen atoms in total. The van der Waals surface area contributed by atoms with Crippen molar-refractivity contribution in [1.82, 2.24) is 38.7 Å². The van der Waals surface area contributed by atoms with E-state index in [2.05, 4.69) is 31.1 Å². The van der Waals surface area contributed by atoms with Gasteiger partial charge >= 0.3 is 35.3 Å². The average Bonchev–Trinajstić information content (AvgIpc) is 1.61. The number of unbranched alkanes of at least 4 members (excludes halogenated alkanes) is 6. The van der Waals surface area contributed by atoms with Crippen molar-refractivity contribution < 1.29 is 136 Å². The van der Waals surface area contributed by atoms with Gasteiger partial charge in [-0.1, -0.05) is 91.7 Å². The first-order valence-electron chi connectivity index (χ1n) is 42.8. The highest BCUT2D eigenvalue weighted by atomic mass is 16.7. The van der Waals surface area contributed by atoms with E-state index in [1.165, 1.54) is 38.1 Å². The van der Waals surface area contributed by atoms with Crippen molar-refractivity contribution in [3.63, 3.8) is 0 Å². The Morgan fingerprint density at radius 1 is 0.571 bits per heavy atom. The third kappa shape index (κ3) is 24.8. The molecule has 0 aliphatic carbocycles. The van der Waals surface area contributed by atoms with E-state index in [1.807, 2.05) is 31.0 Å². The number of carbonyl (C=O) groups is 7. The maximum atomic E-state index is 14.7. The first-order valence-corrected chi connectivity index (χ1v) is 42.8. The van der Waals surface area contributed by atoms with E-state index >= 15 is 0 Å². The minimum atomic E-state index is -1.96. The van der Waals surface area contributed by atoms with E-state index in [-0.39, 0.29) is 56.6 Å². The highest BCUT2D eigenvalue weighted by Crippen LogP contribution is 2.40. The van der Waals surface area contributed by atoms with Gasteiger partial charge in [0.25, 0.3) is 17.0 Å². The Kier molecular flexibility index (Phi) is 37.3. The largest absolute Gasteiger partial charge is 0.480 e. The lowest BCUT2D eigenvalue weighted by Crippen LogP contribution is -2.59. The van der Waals surface area contributed by atoms with Gasteiger partial charge in [0.15, 0.2) is 31.1 Å². The fraction of sp³-hybridized carbons (Fsp3) is 0.723. The number of nitrogens with two attached hydrogens (primary N) is 2. The molecule has 10 rings (SSSR count). The van der Waals surface area contributed by atoms with Gasteiger partial charge in [0.05, 0.1) is 18.6 Å². The summed E-state index contributed by atoms with van der Waals surface area (Å²) in [5.74, 6) is -6.19. The number of aryl methyl sites for hydroxylation is 1. The van der Waals surface area contributed by atoms with Crippen molar-refractivity contribution in [1.29, 1.82) is 0 Å². The van der Waals surface area contributed by atoms with E-state index in [9.17, 15) is 98.7 Å². The summed E-state index contributed by atoms with van der Waals surface area (Å²) in [4.78, 5) is 154. The highest BCUT2D eigenvalue weighted by molar-refractivity contribution is 6.06. The van der Waals surface area contributed by atoms with Crippen LogP contribution in [0.3, 0.4) is 0 Å². The second-order valence-electron chi connectivity index (χ2n) is 33.9. The summed E-state index contributed by atoms with van der Waals surface area (Å²) in [7, 11) is 8.43. The van der Waals surface area contributed by atoms with Crippen LogP contribution in [-0.4, -0.2) is 348 Å². The second kappa shape index (κ2) is 46.3. The highest BCUT2D eigenvalue weighted by Gasteiger charge is 2.59. The number of anilines is 1. The quantitative estimate of drug-likeness (QED) is 0.0156. The zero-order valence-electron chi connectivity index (χ0n) is 73.0. The van der Waals surface area contributed by atoms with Crippen LogP contribution in [0.5, 0.6) is 0 Å². The standard InChI is InChI=1S/C51H83N5O21.C32H44N6O11/c1-25(2)16-14-12-10-11-13-15-17-29(72-33(58)20-26(3)21-34(59)75-50-45(70-9)42(69-8)27(4)28(5)71-50)22-35(60)73-31-24-54(6)37(46(65)55(7)36(31)48(66)67)43(77-49-41(64)38(61)30(23-52)74-49)44-39(62)40(63)47(76-44)56-19-18-32(57)53-51(56)68;1-4-5-6-16-7-9-17(10-8-16)34-28(44)18-11-13-36(2)21(29(45)37(18)3)26(49-31-25(43)22(40)19(15-33)47-31)27-23(41)24(42)30(48-27)38-14-12-20(39)35-32(38)46/h18-19,25-31,36-45,47,49-50,61-64H,10-17,20-24,52H2,1-9H3,(H,66,67)(H,53,57,68);7-12,14,19,21-27,30-31,40-43H,4-6,13,15,33H2,1-3H3,(H,34,44)(H,35,39,46)/t26?,27?,28?,29?,30-,31+,36+,37+,38?,39?,40+,41+,42?,43+,44+,45?,47-,49+,50?;19-,21+,22?,23?,24+,25+,26+,27+,30-,31+/m11/s1. The molecule has 2 aromatic heterocycles. The number of hydrogen-bond donors (Lipinski definition) is 14. The predicted molar refractivity (Wildman–Crippen MR) is 441 cm³/mol. The van der Waals surface area contributed by atoms with Gasteiger partial charge in [-0.15, -0.1) is 0 Å². The van der Waals surface area contributed by atoms with Crippen molar-refractivity contribution in [3.05, 3.63) is 108 Å². The molecule has 6 saturated heterocycles. The van der Waals surface area contributed by atoms with Crippen molar-refractivity contribution >= 4 is 47.3 Å². The van der Waals surface area contributed by atoms with Crippen LogP contribution in [0.15, 0.2) is 79.7 Å². The number of carbonyl (C=O) groups excluding carboxylic acids is 6. The maximum Gasteiger partial charge on any atom is 0.330 e. The number of aromatic amines is 2. The van der Waals surface area contributed by atoms with E-state index in [1.54, 1.807) is 32.2 Å². The SMILES string of the molecule is CCCCc1ccc(NC(=O)C2=CCN(C)[C@@H]([C@H](O[C@@H]3O[C@H](CN)C(O)[C@@H]3O)[C@H]3O[C@@H](n4ccc(=O)[nH]c4=O)[C@@H](O)C3O)C(=O)N2C)cc1.COC1C(OC(=O)CC(C)CC(=O)OC(CCCCCCCCC(C)C)CC(=O)O[C@H]2CN(C)[C@@H]([C@H](O[C@@H]3O[C@H](CN)C(O)[C@@H]3O)[C@H]3O[C@@H](n4ccc(=O)[nH]c4=O)[C@@H](O)C3O)C(=O)N(C)[C@@H]2C(=O)O)OC(C)C(C)C1OC. The van der Waals surface area contributed by atoms with Crippen LogP contribution >= 0.6 is 0 Å². The molecule has 1 aromatic carbocycles. The number of aromatic nitrogens is 4. The van der Waals surface area contributed by atoms with Crippen molar-refractivity contribution in [2.45, 2.75) is 297 Å². The summed E-state index contributed by atoms with van der Waals surface area (Å²) in [6, 6.07) is 4.51. The van der Waals surface area contributed by atoms with Crippen molar-refractivity contribution in [2.75, 3.05) is 73.9 Å². The number of carboxylic acids is 1. The molecule has 0 saturated carbocycles. The molecule has 9 heterocycles. The van der Waals surface area contributed by atoms with Crippen LogP contribution in [0.1, 0.15) is 143 Å². The first kappa shape index (κ1) is 102. The van der Waals surface area contributed by atoms with Crippen LogP contribution in [0.25, 0.3) is 0 Å². The number of nitrogens with one attached hydrogen (secondary N) is 3. The van der Waals surface area contributed by atoms with Gasteiger partial charge in [-0.3, -0.25) is 67.3 Å². The van der Waals surface area contributed by atoms with Gasteiger partial charge < -0.3 is 129 Å². The number of aliphatic carboxylic acids is 1. The number of benzene rings is 1. The number of esters is 3.